The summed E-state index contributed by atoms with van der Waals surface area (Å²) < 4.78 is 8.06. The number of likely N-dealkylation sites (tertiary alicyclic amines) is 2. The van der Waals surface area contributed by atoms with E-state index in [0.29, 0.717) is 28.9 Å². The van der Waals surface area contributed by atoms with Crippen molar-refractivity contribution in [2.75, 3.05) is 56.4 Å². The van der Waals surface area contributed by atoms with Crippen molar-refractivity contribution >= 4 is 46.2 Å². The Morgan fingerprint density at radius 2 is 1.53 bits per heavy atom. The highest BCUT2D eigenvalue weighted by atomic mass is 16.5. The molecule has 15 nitrogen and oxygen atoms in total. The summed E-state index contributed by atoms with van der Waals surface area (Å²) in [6, 6.07) is 22.7. The largest absolute Gasteiger partial charge is 0.457 e. The minimum absolute atomic E-state index is 0.0988. The van der Waals surface area contributed by atoms with E-state index in [9.17, 15) is 19.2 Å². The van der Waals surface area contributed by atoms with Crippen molar-refractivity contribution in [3.8, 4) is 22.8 Å². The predicted molar refractivity (Wildman–Crippen MR) is 211 cm³/mol. The minimum atomic E-state index is -0.963. The summed E-state index contributed by atoms with van der Waals surface area (Å²) in [5, 5.41) is 8.13. The fourth-order valence-electron chi connectivity index (χ4n) is 9.09. The van der Waals surface area contributed by atoms with Gasteiger partial charge in [0.2, 0.25) is 11.8 Å². The Hall–Kier alpha value is -6.19. The normalized spacial score (nSPS) is 21.2. The van der Waals surface area contributed by atoms with E-state index in [0.717, 1.165) is 103 Å². The van der Waals surface area contributed by atoms with E-state index in [4.69, 9.17) is 15.6 Å². The molecule has 0 bridgehead atoms. The molecule has 5 aliphatic heterocycles. The van der Waals surface area contributed by atoms with Crippen LogP contribution in [0, 0.1) is 5.92 Å². The van der Waals surface area contributed by atoms with Crippen LogP contribution in [0.3, 0.4) is 0 Å². The van der Waals surface area contributed by atoms with Gasteiger partial charge in [0.1, 0.15) is 35.4 Å². The van der Waals surface area contributed by atoms with Crippen LogP contribution in [0.4, 0.5) is 11.5 Å². The van der Waals surface area contributed by atoms with Crippen LogP contribution in [0.5, 0.6) is 11.5 Å². The standard InChI is InChI=1S/C42H42N10O5/c43-38-36-37(26-6-9-31(10-7-26)57-30-4-2-1-3-5-30)47-52(39(36)45-24-44-38)27-14-16-49(17-15-27)29-22-48(23-29)19-25-20-50(21-25)28-8-11-32-33(18-28)42(56)51(41(32)55)34-12-13-35(53)46-40(34)54/h1-11,18,24-25,27,29,34H,12-17,19-23H2,(H2,43,44,45)(H,46,53,54). The molecule has 5 aromatic rings. The highest BCUT2D eigenvalue weighted by Crippen LogP contribution is 2.37. The van der Waals surface area contributed by atoms with Crippen molar-refractivity contribution in [2.24, 2.45) is 5.92 Å². The fourth-order valence-corrected chi connectivity index (χ4v) is 9.09. The first-order chi connectivity index (χ1) is 27.8. The third-order valence-corrected chi connectivity index (χ3v) is 12.2. The number of aromatic nitrogens is 4. The topological polar surface area (TPSA) is 172 Å². The second-order valence-corrected chi connectivity index (χ2v) is 15.8. The summed E-state index contributed by atoms with van der Waals surface area (Å²) in [5.74, 6) is 0.519. The zero-order valence-electron chi connectivity index (χ0n) is 31.3. The predicted octanol–water partition coefficient (Wildman–Crippen LogP) is 3.73. The number of benzene rings is 3. The first-order valence-electron chi connectivity index (χ1n) is 19.7. The molecule has 0 radical (unpaired) electrons. The number of nitrogens with one attached hydrogen (secondary N) is 1. The molecule has 15 heteroatoms. The Bertz CT molecular complexity index is 2400. The smallest absolute Gasteiger partial charge is 0.262 e. The molecular weight excluding hydrogens is 725 g/mol. The van der Waals surface area contributed by atoms with Gasteiger partial charge in [-0.2, -0.15) is 5.10 Å². The number of hydrogen-bond donors (Lipinski definition) is 2. The van der Waals surface area contributed by atoms with Crippen LogP contribution >= 0.6 is 0 Å². The second-order valence-electron chi connectivity index (χ2n) is 15.8. The molecule has 10 rings (SSSR count). The van der Waals surface area contributed by atoms with E-state index < -0.39 is 23.8 Å². The summed E-state index contributed by atoms with van der Waals surface area (Å²) in [7, 11) is 0. The zero-order chi connectivity index (χ0) is 38.8. The van der Waals surface area contributed by atoms with E-state index in [1.807, 2.05) is 60.7 Å². The maximum atomic E-state index is 13.3. The van der Waals surface area contributed by atoms with Crippen LogP contribution in [-0.2, 0) is 9.59 Å². The van der Waals surface area contributed by atoms with Crippen molar-refractivity contribution in [3.63, 3.8) is 0 Å². The Morgan fingerprint density at radius 3 is 2.28 bits per heavy atom. The molecule has 4 fully saturated rings. The number of hydrogen-bond acceptors (Lipinski definition) is 12. The van der Waals surface area contributed by atoms with Gasteiger partial charge in [-0.15, -0.1) is 0 Å². The lowest BCUT2D eigenvalue weighted by atomic mass is 9.94. The number of rotatable bonds is 9. The number of amides is 4. The third-order valence-electron chi connectivity index (χ3n) is 12.2. The Morgan fingerprint density at radius 1 is 0.789 bits per heavy atom. The molecule has 2 aromatic heterocycles. The number of piperidine rings is 2. The number of para-hydroxylation sites is 1. The van der Waals surface area contributed by atoms with Gasteiger partial charge in [-0.05, 0) is 73.9 Å². The molecule has 4 amide bonds. The lowest BCUT2D eigenvalue weighted by Gasteiger charge is -2.51. The molecule has 1 unspecified atom stereocenters. The number of fused-ring (bicyclic) bond motifs is 2. The summed E-state index contributed by atoms with van der Waals surface area (Å²) in [5.41, 5.74) is 10.4. The molecule has 1 atom stereocenters. The molecule has 4 saturated heterocycles. The highest BCUT2D eigenvalue weighted by molar-refractivity contribution is 6.23. The van der Waals surface area contributed by atoms with Crippen LogP contribution in [-0.4, -0.2) is 116 Å². The Kier molecular flexibility index (Phi) is 8.70. The number of nitrogens with two attached hydrogens (primary N) is 1. The van der Waals surface area contributed by atoms with Gasteiger partial charge in [0.15, 0.2) is 5.65 Å². The van der Waals surface area contributed by atoms with Crippen molar-refractivity contribution in [1.82, 2.24) is 39.8 Å². The summed E-state index contributed by atoms with van der Waals surface area (Å²) in [6.45, 7) is 6.86. The van der Waals surface area contributed by atoms with Crippen molar-refractivity contribution in [3.05, 3.63) is 90.3 Å². The molecule has 0 saturated carbocycles. The van der Waals surface area contributed by atoms with Crippen LogP contribution < -0.4 is 20.7 Å². The van der Waals surface area contributed by atoms with Gasteiger partial charge in [0, 0.05) is 75.4 Å². The Labute approximate surface area is 328 Å². The number of nitrogens with zero attached hydrogens (tertiary/aromatic N) is 8. The number of carbonyl (C=O) groups excluding carboxylic acids is 4. The SMILES string of the molecule is Nc1ncnc2c1c(-c1ccc(Oc3ccccc3)cc1)nn2C1CCN(C2CN(CC3CN(c4ccc5c(c4)C(=O)N(C4CCC(=O)NC4=O)C5=O)C3)C2)CC1. The average molecular weight is 767 g/mol. The molecule has 7 heterocycles. The van der Waals surface area contributed by atoms with E-state index in [1.54, 1.807) is 12.1 Å². The fraction of sp³-hybridized carbons (Fsp3) is 0.357. The van der Waals surface area contributed by atoms with Crippen LogP contribution in [0.2, 0.25) is 0 Å². The summed E-state index contributed by atoms with van der Waals surface area (Å²) in [4.78, 5) is 67.8. The van der Waals surface area contributed by atoms with Crippen molar-refractivity contribution in [1.29, 1.82) is 0 Å². The van der Waals surface area contributed by atoms with Gasteiger partial charge in [0.25, 0.3) is 11.8 Å². The molecule has 5 aliphatic rings. The van der Waals surface area contributed by atoms with E-state index in [-0.39, 0.29) is 24.8 Å². The average Bonchev–Trinajstić information content (AvgIpc) is 3.70. The van der Waals surface area contributed by atoms with E-state index in [2.05, 4.69) is 34.7 Å². The van der Waals surface area contributed by atoms with Crippen molar-refractivity contribution < 1.29 is 23.9 Å². The van der Waals surface area contributed by atoms with Gasteiger partial charge in [-0.25, -0.2) is 14.6 Å². The van der Waals surface area contributed by atoms with Crippen molar-refractivity contribution in [2.45, 2.75) is 43.8 Å². The minimum Gasteiger partial charge on any atom is -0.457 e. The molecule has 0 spiro atoms. The first-order valence-corrected chi connectivity index (χ1v) is 19.7. The monoisotopic (exact) mass is 766 g/mol. The van der Waals surface area contributed by atoms with Gasteiger partial charge >= 0.3 is 0 Å². The molecule has 57 heavy (non-hydrogen) atoms. The molecule has 0 aliphatic carbocycles. The number of imide groups is 2. The van der Waals surface area contributed by atoms with Gasteiger partial charge in [-0.1, -0.05) is 18.2 Å². The highest BCUT2D eigenvalue weighted by Gasteiger charge is 2.45. The lowest BCUT2D eigenvalue weighted by molar-refractivity contribution is -0.136. The van der Waals surface area contributed by atoms with Crippen LogP contribution in [0.25, 0.3) is 22.3 Å². The molecule has 3 N–H and O–H groups in total. The molecular formula is C42H42N10O5. The number of ether oxygens (including phenoxy) is 1. The lowest BCUT2D eigenvalue weighted by Crippen LogP contribution is -2.63. The number of anilines is 2. The summed E-state index contributed by atoms with van der Waals surface area (Å²) >= 11 is 0. The van der Waals surface area contributed by atoms with E-state index >= 15 is 0 Å². The maximum absolute atomic E-state index is 13.3. The van der Waals surface area contributed by atoms with E-state index in [1.165, 1.54) is 6.33 Å². The van der Waals surface area contributed by atoms with Gasteiger partial charge in [0.05, 0.1) is 22.6 Å². The van der Waals surface area contributed by atoms with Gasteiger partial charge < -0.3 is 15.4 Å². The zero-order valence-corrected chi connectivity index (χ0v) is 31.3. The maximum Gasteiger partial charge on any atom is 0.262 e. The summed E-state index contributed by atoms with van der Waals surface area (Å²) in [6.07, 6.45) is 3.70. The first kappa shape index (κ1) is 35.2. The molecule has 3 aromatic carbocycles. The second kappa shape index (κ2) is 14.1. The van der Waals surface area contributed by atoms with Crippen LogP contribution in [0.15, 0.2) is 79.1 Å². The van der Waals surface area contributed by atoms with Gasteiger partial charge in [-0.3, -0.25) is 39.2 Å². The molecule has 290 valence electrons. The third kappa shape index (κ3) is 6.36. The quantitative estimate of drug-likeness (QED) is 0.209. The Balaban J connectivity index is 0.717. The number of nitrogen functional groups attached to an aromatic ring is 1. The number of carbonyl (C=O) groups is 4. The van der Waals surface area contributed by atoms with Crippen LogP contribution in [0.1, 0.15) is 52.4 Å².